The molecule has 4 rings (SSSR count). The Morgan fingerprint density at radius 2 is 1.74 bits per heavy atom. The van der Waals surface area contributed by atoms with Crippen molar-refractivity contribution in [3.8, 4) is 11.8 Å². The van der Waals surface area contributed by atoms with E-state index in [4.69, 9.17) is 0 Å². The number of carbonyl (C=O) groups is 1. The van der Waals surface area contributed by atoms with Crippen molar-refractivity contribution < 1.29 is 9.18 Å². The van der Waals surface area contributed by atoms with Crippen LogP contribution >= 0.6 is 0 Å². The van der Waals surface area contributed by atoms with Gasteiger partial charge in [0.25, 0.3) is 5.91 Å². The van der Waals surface area contributed by atoms with Crippen LogP contribution in [0.15, 0.2) is 78.4 Å². The second-order valence-electron chi connectivity index (χ2n) is 7.29. The number of benzene rings is 3. The van der Waals surface area contributed by atoms with Gasteiger partial charge in [-0.2, -0.15) is 5.26 Å². The van der Waals surface area contributed by atoms with Crippen LogP contribution in [-0.2, 0) is 4.79 Å². The maximum atomic E-state index is 13.3. The van der Waals surface area contributed by atoms with Gasteiger partial charge < -0.3 is 9.88 Å². The fourth-order valence-electron chi connectivity index (χ4n) is 3.75. The molecule has 0 aliphatic rings. The van der Waals surface area contributed by atoms with Crippen LogP contribution in [0.1, 0.15) is 17.0 Å². The number of anilines is 1. The molecule has 1 N–H and O–H groups in total. The summed E-state index contributed by atoms with van der Waals surface area (Å²) < 4.78 is 15.3. The molecule has 0 bridgehead atoms. The number of nitriles is 1. The van der Waals surface area contributed by atoms with E-state index in [1.54, 1.807) is 18.2 Å². The van der Waals surface area contributed by atoms with Crippen LogP contribution in [0.4, 0.5) is 10.1 Å². The van der Waals surface area contributed by atoms with Crippen molar-refractivity contribution in [2.24, 2.45) is 0 Å². The predicted molar refractivity (Wildman–Crippen MR) is 121 cm³/mol. The van der Waals surface area contributed by atoms with Gasteiger partial charge in [-0.3, -0.25) is 4.79 Å². The number of fused-ring (bicyclic) bond motifs is 1. The lowest BCUT2D eigenvalue weighted by Gasteiger charge is -2.10. The second-order valence-corrected chi connectivity index (χ2v) is 7.29. The number of amides is 1. The maximum Gasteiger partial charge on any atom is 0.266 e. The molecule has 4 aromatic rings. The van der Waals surface area contributed by atoms with Crippen molar-refractivity contribution in [3.05, 3.63) is 101 Å². The molecule has 152 valence electrons. The van der Waals surface area contributed by atoms with E-state index in [-0.39, 0.29) is 11.4 Å². The second kappa shape index (κ2) is 8.29. The van der Waals surface area contributed by atoms with Crippen molar-refractivity contribution in [1.82, 2.24) is 4.57 Å². The Morgan fingerprint density at radius 3 is 2.48 bits per heavy atom. The first-order valence-electron chi connectivity index (χ1n) is 9.83. The van der Waals surface area contributed by atoms with Gasteiger partial charge in [-0.05, 0) is 67.3 Å². The molecular weight excluding hydrogens is 389 g/mol. The van der Waals surface area contributed by atoms with Crippen LogP contribution in [0, 0.1) is 31.0 Å². The van der Waals surface area contributed by atoms with Crippen LogP contribution < -0.4 is 5.32 Å². The minimum absolute atomic E-state index is 0.00675. The predicted octanol–water partition coefficient (Wildman–Crippen LogP) is 5.93. The molecule has 0 spiro atoms. The molecule has 0 atom stereocenters. The first kappa shape index (κ1) is 20.1. The van der Waals surface area contributed by atoms with Gasteiger partial charge in [-0.1, -0.05) is 36.4 Å². The number of hydrogen-bond donors (Lipinski definition) is 1. The Balaban J connectivity index is 1.67. The summed E-state index contributed by atoms with van der Waals surface area (Å²) >= 11 is 0. The highest BCUT2D eigenvalue weighted by molar-refractivity contribution is 6.13. The van der Waals surface area contributed by atoms with Gasteiger partial charge in [-0.25, -0.2) is 4.39 Å². The molecule has 0 aliphatic heterocycles. The molecule has 5 heteroatoms. The summed E-state index contributed by atoms with van der Waals surface area (Å²) in [7, 11) is 0. The summed E-state index contributed by atoms with van der Waals surface area (Å²) in [6.07, 6.45) is 1.59. The topological polar surface area (TPSA) is 57.8 Å². The van der Waals surface area contributed by atoms with E-state index in [9.17, 15) is 14.4 Å². The number of halogens is 1. The molecule has 1 amide bonds. The normalized spacial score (nSPS) is 11.4. The number of aryl methyl sites for hydroxylation is 1. The Labute approximate surface area is 179 Å². The molecule has 31 heavy (non-hydrogen) atoms. The van der Waals surface area contributed by atoms with E-state index in [2.05, 4.69) is 5.32 Å². The maximum absolute atomic E-state index is 13.3. The van der Waals surface area contributed by atoms with Crippen molar-refractivity contribution in [3.63, 3.8) is 0 Å². The molecular formula is C26H20FN3O. The molecule has 0 unspecified atom stereocenters. The Kier molecular flexibility index (Phi) is 5.38. The zero-order chi connectivity index (χ0) is 22.0. The van der Waals surface area contributed by atoms with E-state index < -0.39 is 5.91 Å². The van der Waals surface area contributed by atoms with Gasteiger partial charge in [0.2, 0.25) is 0 Å². The Morgan fingerprint density at radius 1 is 1.03 bits per heavy atom. The highest BCUT2D eigenvalue weighted by Crippen LogP contribution is 2.25. The number of aromatic nitrogens is 1. The largest absolute Gasteiger partial charge is 0.321 e. The summed E-state index contributed by atoms with van der Waals surface area (Å²) in [6, 6.07) is 23.5. The smallest absolute Gasteiger partial charge is 0.266 e. The third-order valence-corrected chi connectivity index (χ3v) is 5.26. The zero-order valence-corrected chi connectivity index (χ0v) is 17.2. The van der Waals surface area contributed by atoms with E-state index in [0.29, 0.717) is 5.69 Å². The van der Waals surface area contributed by atoms with Gasteiger partial charge >= 0.3 is 0 Å². The number of nitrogens with one attached hydrogen (secondary N) is 1. The average Bonchev–Trinajstić information content (AvgIpc) is 3.05. The Hall–Kier alpha value is -4.17. The van der Waals surface area contributed by atoms with Gasteiger partial charge in [0.05, 0.1) is 0 Å². The van der Waals surface area contributed by atoms with Crippen LogP contribution in [0.5, 0.6) is 0 Å². The van der Waals surface area contributed by atoms with Crippen LogP contribution in [0.3, 0.4) is 0 Å². The molecule has 1 aromatic heterocycles. The minimum Gasteiger partial charge on any atom is -0.321 e. The summed E-state index contributed by atoms with van der Waals surface area (Å²) in [5.74, 6) is -0.770. The number of hydrogen-bond acceptors (Lipinski definition) is 2. The quantitative estimate of drug-likeness (QED) is 0.335. The number of nitrogens with zero attached hydrogens (tertiary/aromatic N) is 2. The zero-order valence-electron chi connectivity index (χ0n) is 17.2. The standard InChI is InChI=1S/C26H20FN3O/c1-17-14-20(18(2)30(17)23-12-10-22(27)11-13-23)15-21(16-28)26(31)29-25-9-5-7-19-6-3-4-8-24(19)25/h3-15H,1-2H3,(H,29,31). The van der Waals surface area contributed by atoms with Gasteiger partial charge in [-0.15, -0.1) is 0 Å². The van der Waals surface area contributed by atoms with E-state index in [1.807, 2.05) is 73.0 Å². The van der Waals surface area contributed by atoms with E-state index >= 15 is 0 Å². The fourth-order valence-corrected chi connectivity index (χ4v) is 3.75. The van der Waals surface area contributed by atoms with Crippen molar-refractivity contribution in [2.45, 2.75) is 13.8 Å². The van der Waals surface area contributed by atoms with Crippen LogP contribution in [-0.4, -0.2) is 10.5 Å². The minimum atomic E-state index is -0.467. The van der Waals surface area contributed by atoms with Crippen molar-refractivity contribution >= 4 is 28.4 Å². The highest BCUT2D eigenvalue weighted by atomic mass is 19.1. The molecule has 4 nitrogen and oxygen atoms in total. The molecule has 3 aromatic carbocycles. The van der Waals surface area contributed by atoms with E-state index in [1.165, 1.54) is 12.1 Å². The average molecular weight is 409 g/mol. The molecule has 0 radical (unpaired) electrons. The SMILES string of the molecule is Cc1cc(C=C(C#N)C(=O)Nc2cccc3ccccc23)c(C)n1-c1ccc(F)cc1. The van der Waals surface area contributed by atoms with Gasteiger partial charge in [0.1, 0.15) is 17.5 Å². The third kappa shape index (κ3) is 3.96. The Bertz CT molecular complexity index is 1350. The first-order valence-corrected chi connectivity index (χ1v) is 9.83. The molecule has 0 aliphatic carbocycles. The summed E-state index contributed by atoms with van der Waals surface area (Å²) in [5, 5.41) is 14.4. The monoisotopic (exact) mass is 409 g/mol. The first-order chi connectivity index (χ1) is 15.0. The molecule has 0 fully saturated rings. The summed E-state index contributed by atoms with van der Waals surface area (Å²) in [4.78, 5) is 12.9. The van der Waals surface area contributed by atoms with Gasteiger partial charge in [0.15, 0.2) is 0 Å². The molecule has 1 heterocycles. The van der Waals surface area contributed by atoms with E-state index in [0.717, 1.165) is 33.4 Å². The van der Waals surface area contributed by atoms with Gasteiger partial charge in [0, 0.05) is 28.1 Å². The van der Waals surface area contributed by atoms with Crippen molar-refractivity contribution in [2.75, 3.05) is 5.32 Å². The molecule has 0 saturated heterocycles. The van der Waals surface area contributed by atoms with Crippen molar-refractivity contribution in [1.29, 1.82) is 5.26 Å². The molecule has 0 saturated carbocycles. The fraction of sp³-hybridized carbons (Fsp3) is 0.0769. The third-order valence-electron chi connectivity index (χ3n) is 5.26. The number of rotatable bonds is 4. The summed E-state index contributed by atoms with van der Waals surface area (Å²) in [5.41, 5.74) is 4.01. The van der Waals surface area contributed by atoms with Crippen LogP contribution in [0.25, 0.3) is 22.5 Å². The lowest BCUT2D eigenvalue weighted by atomic mass is 10.1. The summed E-state index contributed by atoms with van der Waals surface area (Å²) in [6.45, 7) is 3.83. The highest BCUT2D eigenvalue weighted by Gasteiger charge is 2.15. The number of carbonyl (C=O) groups excluding carboxylic acids is 1. The lowest BCUT2D eigenvalue weighted by molar-refractivity contribution is -0.112. The lowest BCUT2D eigenvalue weighted by Crippen LogP contribution is -2.13. The van der Waals surface area contributed by atoms with Crippen LogP contribution in [0.2, 0.25) is 0 Å².